The Kier molecular flexibility index (Phi) is 5.78. The van der Waals surface area contributed by atoms with Crippen molar-refractivity contribution in [3.63, 3.8) is 0 Å². The standard InChI is InChI=1S/C6H9F.C4H8O2/c7-6-4-2-1-3-5-6;1-2-6-4-3-5-1/h4H,1-3,5H2;1-4H2. The molecule has 0 aromatic heterocycles. The summed E-state index contributed by atoms with van der Waals surface area (Å²) in [6.07, 6.45) is 5.53. The molecule has 0 aromatic carbocycles. The second kappa shape index (κ2) is 7.04. The highest BCUT2D eigenvalue weighted by molar-refractivity contribution is 4.94. The monoisotopic (exact) mass is 188 g/mol. The number of ether oxygens (including phenoxy) is 2. The van der Waals surface area contributed by atoms with Gasteiger partial charge in [0.15, 0.2) is 0 Å². The minimum Gasteiger partial charge on any atom is -0.377 e. The second-order valence-electron chi connectivity index (χ2n) is 3.12. The Morgan fingerprint density at radius 1 is 1.00 bits per heavy atom. The van der Waals surface area contributed by atoms with Gasteiger partial charge in [-0.1, -0.05) is 6.08 Å². The van der Waals surface area contributed by atoms with Gasteiger partial charge in [0.25, 0.3) is 0 Å². The molecule has 1 aliphatic carbocycles. The molecular weight excluding hydrogens is 171 g/mol. The van der Waals surface area contributed by atoms with Crippen LogP contribution in [0.2, 0.25) is 0 Å². The van der Waals surface area contributed by atoms with Crippen molar-refractivity contribution in [2.24, 2.45) is 0 Å². The lowest BCUT2D eigenvalue weighted by Gasteiger charge is -2.09. The third-order valence-corrected chi connectivity index (χ3v) is 1.98. The highest BCUT2D eigenvalue weighted by Gasteiger charge is 1.99. The van der Waals surface area contributed by atoms with E-state index >= 15 is 0 Å². The molecule has 76 valence electrons. The van der Waals surface area contributed by atoms with Crippen LogP contribution >= 0.6 is 0 Å². The molecule has 0 radical (unpaired) electrons. The number of hydrogen-bond donors (Lipinski definition) is 0. The molecule has 1 saturated heterocycles. The SMILES string of the molecule is C1COCCO1.FC1=CCCCC1. The fraction of sp³-hybridized carbons (Fsp3) is 0.800. The minimum atomic E-state index is 0.0891. The van der Waals surface area contributed by atoms with Crippen molar-refractivity contribution in [1.82, 2.24) is 0 Å². The lowest BCUT2D eigenvalue weighted by molar-refractivity contribution is -0.0334. The first-order valence-corrected chi connectivity index (χ1v) is 4.89. The Hall–Kier alpha value is -0.410. The Bertz CT molecular complexity index is 141. The zero-order valence-electron chi connectivity index (χ0n) is 7.93. The average molecular weight is 188 g/mol. The summed E-state index contributed by atoms with van der Waals surface area (Å²) in [5, 5.41) is 0. The Balaban J connectivity index is 0.000000132. The molecular formula is C10H17FO2. The van der Waals surface area contributed by atoms with Crippen LogP contribution in [0.5, 0.6) is 0 Å². The molecule has 0 amide bonds. The van der Waals surface area contributed by atoms with Crippen LogP contribution in [0, 0.1) is 0 Å². The maximum Gasteiger partial charge on any atom is 0.0959 e. The van der Waals surface area contributed by atoms with Crippen molar-refractivity contribution in [1.29, 1.82) is 0 Å². The topological polar surface area (TPSA) is 18.5 Å². The van der Waals surface area contributed by atoms with E-state index < -0.39 is 0 Å². The van der Waals surface area contributed by atoms with E-state index in [0.29, 0.717) is 6.42 Å². The van der Waals surface area contributed by atoms with E-state index in [4.69, 9.17) is 9.47 Å². The van der Waals surface area contributed by atoms with Crippen molar-refractivity contribution < 1.29 is 13.9 Å². The van der Waals surface area contributed by atoms with Crippen LogP contribution in [-0.4, -0.2) is 26.4 Å². The largest absolute Gasteiger partial charge is 0.377 e. The molecule has 1 fully saturated rings. The maximum absolute atomic E-state index is 12.0. The van der Waals surface area contributed by atoms with Crippen LogP contribution in [0.25, 0.3) is 0 Å². The first kappa shape index (κ1) is 10.7. The molecule has 0 bridgehead atoms. The highest BCUT2D eigenvalue weighted by Crippen LogP contribution is 2.17. The summed E-state index contributed by atoms with van der Waals surface area (Å²) in [5.41, 5.74) is 0. The molecule has 1 heterocycles. The van der Waals surface area contributed by atoms with Gasteiger partial charge in [-0.25, -0.2) is 4.39 Å². The Morgan fingerprint density at radius 3 is 1.85 bits per heavy atom. The molecule has 2 aliphatic rings. The van der Waals surface area contributed by atoms with E-state index in [1.54, 1.807) is 6.08 Å². The van der Waals surface area contributed by atoms with Crippen molar-refractivity contribution in [3.05, 3.63) is 11.9 Å². The predicted molar refractivity (Wildman–Crippen MR) is 49.3 cm³/mol. The lowest BCUT2D eigenvalue weighted by atomic mass is 10.1. The van der Waals surface area contributed by atoms with Gasteiger partial charge in [-0.2, -0.15) is 0 Å². The molecule has 0 saturated carbocycles. The molecule has 0 N–H and O–H groups in total. The van der Waals surface area contributed by atoms with E-state index in [1.807, 2.05) is 0 Å². The van der Waals surface area contributed by atoms with Crippen LogP contribution in [-0.2, 0) is 9.47 Å². The summed E-state index contributed by atoms with van der Waals surface area (Å²) in [6, 6.07) is 0. The summed E-state index contributed by atoms with van der Waals surface area (Å²) in [4.78, 5) is 0. The number of allylic oxidation sites excluding steroid dienone is 2. The van der Waals surface area contributed by atoms with Crippen LogP contribution < -0.4 is 0 Å². The fourth-order valence-corrected chi connectivity index (χ4v) is 1.24. The smallest absolute Gasteiger partial charge is 0.0959 e. The van der Waals surface area contributed by atoms with Gasteiger partial charge in [-0.3, -0.25) is 0 Å². The summed E-state index contributed by atoms with van der Waals surface area (Å²) in [6.45, 7) is 3.11. The van der Waals surface area contributed by atoms with E-state index in [9.17, 15) is 4.39 Å². The quantitative estimate of drug-likeness (QED) is 0.581. The second-order valence-corrected chi connectivity index (χ2v) is 3.12. The molecule has 0 aromatic rings. The minimum absolute atomic E-state index is 0.0891. The summed E-state index contributed by atoms with van der Waals surface area (Å²) in [5.74, 6) is 0.0891. The third-order valence-electron chi connectivity index (χ3n) is 1.98. The van der Waals surface area contributed by atoms with Crippen molar-refractivity contribution >= 4 is 0 Å². The van der Waals surface area contributed by atoms with Gasteiger partial charge in [0.05, 0.1) is 32.3 Å². The van der Waals surface area contributed by atoms with Gasteiger partial charge < -0.3 is 9.47 Å². The number of rotatable bonds is 0. The van der Waals surface area contributed by atoms with Crippen LogP contribution in [0.15, 0.2) is 11.9 Å². The normalized spacial score (nSPS) is 22.7. The van der Waals surface area contributed by atoms with Crippen molar-refractivity contribution in [3.8, 4) is 0 Å². The van der Waals surface area contributed by atoms with E-state index in [1.165, 1.54) is 6.42 Å². The van der Waals surface area contributed by atoms with Gasteiger partial charge in [-0.05, 0) is 25.7 Å². The Labute approximate surface area is 78.7 Å². The van der Waals surface area contributed by atoms with Gasteiger partial charge in [0.2, 0.25) is 0 Å². The first-order chi connectivity index (χ1) is 6.39. The summed E-state index contributed by atoms with van der Waals surface area (Å²) < 4.78 is 21.9. The molecule has 2 rings (SSSR count). The molecule has 0 atom stereocenters. The van der Waals surface area contributed by atoms with Gasteiger partial charge >= 0.3 is 0 Å². The van der Waals surface area contributed by atoms with Crippen LogP contribution in [0.1, 0.15) is 25.7 Å². The first-order valence-electron chi connectivity index (χ1n) is 4.89. The maximum atomic E-state index is 12.0. The van der Waals surface area contributed by atoms with Crippen LogP contribution in [0.4, 0.5) is 4.39 Å². The van der Waals surface area contributed by atoms with Gasteiger partial charge in [0.1, 0.15) is 0 Å². The zero-order valence-corrected chi connectivity index (χ0v) is 7.93. The predicted octanol–water partition coefficient (Wildman–Crippen LogP) is 2.45. The third kappa shape index (κ3) is 5.77. The van der Waals surface area contributed by atoms with E-state index in [0.717, 1.165) is 39.3 Å². The van der Waals surface area contributed by atoms with Crippen molar-refractivity contribution in [2.75, 3.05) is 26.4 Å². The Morgan fingerprint density at radius 2 is 1.62 bits per heavy atom. The van der Waals surface area contributed by atoms with E-state index in [2.05, 4.69) is 0 Å². The van der Waals surface area contributed by atoms with Gasteiger partial charge in [-0.15, -0.1) is 0 Å². The summed E-state index contributed by atoms with van der Waals surface area (Å²) >= 11 is 0. The zero-order chi connectivity index (χ0) is 9.36. The average Bonchev–Trinajstić information content (AvgIpc) is 2.22. The number of halogens is 1. The number of hydrogen-bond acceptors (Lipinski definition) is 2. The summed E-state index contributed by atoms with van der Waals surface area (Å²) in [7, 11) is 0. The molecule has 2 nitrogen and oxygen atoms in total. The van der Waals surface area contributed by atoms with E-state index in [-0.39, 0.29) is 5.83 Å². The van der Waals surface area contributed by atoms with Gasteiger partial charge in [0, 0.05) is 0 Å². The molecule has 13 heavy (non-hydrogen) atoms. The molecule has 0 spiro atoms. The molecule has 0 unspecified atom stereocenters. The molecule has 1 aliphatic heterocycles. The highest BCUT2D eigenvalue weighted by atomic mass is 19.1. The lowest BCUT2D eigenvalue weighted by Crippen LogP contribution is -2.16. The van der Waals surface area contributed by atoms with Crippen LogP contribution in [0.3, 0.4) is 0 Å². The fourth-order valence-electron chi connectivity index (χ4n) is 1.24. The molecule has 3 heteroatoms. The van der Waals surface area contributed by atoms with Crippen molar-refractivity contribution in [2.45, 2.75) is 25.7 Å².